The molecule has 2 rings (SSSR count). The highest BCUT2D eigenvalue weighted by molar-refractivity contribution is 6.32. The summed E-state index contributed by atoms with van der Waals surface area (Å²) >= 11 is 5.71. The Morgan fingerprint density at radius 2 is 1.86 bits per heavy atom. The van der Waals surface area contributed by atoms with Gasteiger partial charge in [0.15, 0.2) is 0 Å². The van der Waals surface area contributed by atoms with Crippen LogP contribution in [0.5, 0.6) is 0 Å². The van der Waals surface area contributed by atoms with Crippen LogP contribution in [0.1, 0.15) is 11.6 Å². The average molecular weight is 379 g/mol. The van der Waals surface area contributed by atoms with Crippen LogP contribution in [0.15, 0.2) is 18.2 Å². The zero-order valence-corrected chi connectivity index (χ0v) is 13.8. The highest BCUT2D eigenvalue weighted by atomic mass is 35.5. The standard InChI is InChI=1S/C12H14ClF2N3O2.2ClH/c13-9-2-1-8(7-10(9)18(19)20)11(12(14)15)17-5-3-16-4-6-17;;/h1-2,7,11-12,16H,3-6H2;2*1H/t11-;;/m0../s1. The van der Waals surface area contributed by atoms with E-state index >= 15 is 0 Å². The lowest BCUT2D eigenvalue weighted by molar-refractivity contribution is -0.384. The van der Waals surface area contributed by atoms with E-state index in [-0.39, 0.29) is 41.1 Å². The third-order valence-electron chi connectivity index (χ3n) is 3.29. The van der Waals surface area contributed by atoms with Crippen molar-refractivity contribution in [3.63, 3.8) is 0 Å². The van der Waals surface area contributed by atoms with Gasteiger partial charge in [-0.25, -0.2) is 8.78 Å². The highest BCUT2D eigenvalue weighted by Crippen LogP contribution is 2.33. The van der Waals surface area contributed by atoms with E-state index in [0.29, 0.717) is 26.2 Å². The van der Waals surface area contributed by atoms with Gasteiger partial charge >= 0.3 is 0 Å². The van der Waals surface area contributed by atoms with Crippen LogP contribution in [-0.2, 0) is 0 Å². The van der Waals surface area contributed by atoms with Crippen LogP contribution in [-0.4, -0.2) is 42.4 Å². The minimum absolute atomic E-state index is 0. The molecule has 0 aromatic heterocycles. The lowest BCUT2D eigenvalue weighted by Crippen LogP contribution is -2.46. The number of nitro benzene ring substituents is 1. The van der Waals surface area contributed by atoms with E-state index in [1.165, 1.54) is 12.1 Å². The molecule has 0 unspecified atom stereocenters. The van der Waals surface area contributed by atoms with Crippen LogP contribution in [0.2, 0.25) is 5.02 Å². The minimum atomic E-state index is -2.62. The number of rotatable bonds is 4. The summed E-state index contributed by atoms with van der Waals surface area (Å²) in [5.41, 5.74) is -0.122. The SMILES string of the molecule is Cl.Cl.O=[N+]([O-])c1cc([C@@H](C(F)F)N2CCNCC2)ccc1Cl. The molecule has 1 aliphatic heterocycles. The van der Waals surface area contributed by atoms with E-state index in [4.69, 9.17) is 11.6 Å². The molecule has 1 N–H and O–H groups in total. The Kier molecular flexibility index (Phi) is 9.11. The summed E-state index contributed by atoms with van der Waals surface area (Å²) in [5, 5.41) is 13.9. The van der Waals surface area contributed by atoms with Crippen molar-refractivity contribution in [3.05, 3.63) is 38.9 Å². The van der Waals surface area contributed by atoms with Crippen LogP contribution in [0.4, 0.5) is 14.5 Å². The highest BCUT2D eigenvalue weighted by Gasteiger charge is 2.31. The van der Waals surface area contributed by atoms with Crippen molar-refractivity contribution in [2.45, 2.75) is 12.5 Å². The lowest BCUT2D eigenvalue weighted by atomic mass is 10.0. The van der Waals surface area contributed by atoms with Gasteiger partial charge in [-0.3, -0.25) is 15.0 Å². The van der Waals surface area contributed by atoms with Crippen LogP contribution in [0.25, 0.3) is 0 Å². The Hall–Kier alpha value is -0.730. The normalized spacial score (nSPS) is 16.5. The third-order valence-corrected chi connectivity index (χ3v) is 3.61. The van der Waals surface area contributed by atoms with Gasteiger partial charge in [0.25, 0.3) is 12.1 Å². The molecule has 1 saturated heterocycles. The first-order chi connectivity index (χ1) is 9.50. The Labute approximate surface area is 144 Å². The summed E-state index contributed by atoms with van der Waals surface area (Å²) in [7, 11) is 0. The van der Waals surface area contributed by atoms with Gasteiger partial charge in [0.05, 0.1) is 11.0 Å². The molecule has 0 spiro atoms. The second-order valence-corrected chi connectivity index (χ2v) is 4.94. The summed E-state index contributed by atoms with van der Waals surface area (Å²) < 4.78 is 26.7. The second kappa shape index (κ2) is 9.42. The molecule has 0 bridgehead atoms. The maximum atomic E-state index is 13.3. The van der Waals surface area contributed by atoms with Gasteiger partial charge in [0, 0.05) is 32.2 Å². The van der Waals surface area contributed by atoms with Crippen molar-refractivity contribution < 1.29 is 13.7 Å². The number of hydrogen-bond donors (Lipinski definition) is 1. The van der Waals surface area contributed by atoms with E-state index in [0.717, 1.165) is 6.07 Å². The molecule has 0 saturated carbocycles. The van der Waals surface area contributed by atoms with Crippen molar-refractivity contribution in [2.24, 2.45) is 0 Å². The van der Waals surface area contributed by atoms with Crippen molar-refractivity contribution in [2.75, 3.05) is 26.2 Å². The number of hydrogen-bond acceptors (Lipinski definition) is 4. The van der Waals surface area contributed by atoms with Crippen molar-refractivity contribution in [1.82, 2.24) is 10.2 Å². The molecule has 0 radical (unpaired) electrons. The van der Waals surface area contributed by atoms with E-state index < -0.39 is 17.4 Å². The van der Waals surface area contributed by atoms with E-state index in [9.17, 15) is 18.9 Å². The quantitative estimate of drug-likeness (QED) is 0.645. The molecule has 5 nitrogen and oxygen atoms in total. The molecule has 126 valence electrons. The van der Waals surface area contributed by atoms with Gasteiger partial charge < -0.3 is 5.32 Å². The Bertz CT molecular complexity index is 503. The van der Waals surface area contributed by atoms with Gasteiger partial charge in [0.2, 0.25) is 0 Å². The summed E-state index contributed by atoms with van der Waals surface area (Å²) in [6, 6.07) is 2.72. The van der Waals surface area contributed by atoms with Crippen LogP contribution in [0.3, 0.4) is 0 Å². The van der Waals surface area contributed by atoms with Gasteiger partial charge in [-0.1, -0.05) is 17.7 Å². The zero-order chi connectivity index (χ0) is 14.7. The molecule has 1 atom stereocenters. The second-order valence-electron chi connectivity index (χ2n) is 4.53. The number of piperazine rings is 1. The number of benzene rings is 1. The molecule has 22 heavy (non-hydrogen) atoms. The number of nitrogens with zero attached hydrogens (tertiary/aromatic N) is 2. The predicted molar refractivity (Wildman–Crippen MR) is 85.8 cm³/mol. The molecule has 0 amide bonds. The largest absolute Gasteiger partial charge is 0.314 e. The molecule has 1 heterocycles. The maximum absolute atomic E-state index is 13.3. The minimum Gasteiger partial charge on any atom is -0.314 e. The topological polar surface area (TPSA) is 58.4 Å². The van der Waals surface area contributed by atoms with E-state index in [1.54, 1.807) is 4.90 Å². The molecule has 10 heteroatoms. The number of nitrogens with one attached hydrogen (secondary N) is 1. The van der Waals surface area contributed by atoms with Crippen LogP contribution < -0.4 is 5.32 Å². The van der Waals surface area contributed by atoms with Crippen molar-refractivity contribution in [1.29, 1.82) is 0 Å². The monoisotopic (exact) mass is 377 g/mol. The smallest absolute Gasteiger partial charge is 0.288 e. The van der Waals surface area contributed by atoms with Gasteiger partial charge in [0.1, 0.15) is 5.02 Å². The fourth-order valence-corrected chi connectivity index (χ4v) is 2.52. The maximum Gasteiger partial charge on any atom is 0.288 e. The Balaban J connectivity index is 0.00000220. The predicted octanol–water partition coefficient (Wildman–Crippen LogP) is 3.30. The molecule has 1 aromatic carbocycles. The van der Waals surface area contributed by atoms with E-state index in [1.807, 2.05) is 0 Å². The first-order valence-corrected chi connectivity index (χ1v) is 6.55. The summed E-state index contributed by atoms with van der Waals surface area (Å²) in [6.45, 7) is 2.20. The fraction of sp³-hybridized carbons (Fsp3) is 0.500. The fourth-order valence-electron chi connectivity index (χ4n) is 2.33. The summed E-state index contributed by atoms with van der Waals surface area (Å²) in [6.07, 6.45) is -2.62. The number of halogens is 5. The third kappa shape index (κ3) is 4.89. The molecule has 0 aliphatic carbocycles. The molecular weight excluding hydrogens is 363 g/mol. The first kappa shape index (κ1) is 21.3. The molecular formula is C12H16Cl3F2N3O2. The molecule has 1 fully saturated rings. The van der Waals surface area contributed by atoms with Crippen LogP contribution >= 0.6 is 36.4 Å². The number of nitro groups is 1. The van der Waals surface area contributed by atoms with Crippen molar-refractivity contribution >= 4 is 42.1 Å². The van der Waals surface area contributed by atoms with Gasteiger partial charge in [-0.05, 0) is 11.6 Å². The van der Waals surface area contributed by atoms with Gasteiger partial charge in [-0.15, -0.1) is 24.8 Å². The molecule has 1 aliphatic rings. The first-order valence-electron chi connectivity index (χ1n) is 6.17. The Morgan fingerprint density at radius 3 is 2.36 bits per heavy atom. The lowest BCUT2D eigenvalue weighted by Gasteiger charge is -2.34. The summed E-state index contributed by atoms with van der Waals surface area (Å²) in [4.78, 5) is 11.8. The summed E-state index contributed by atoms with van der Waals surface area (Å²) in [5.74, 6) is 0. The molecule has 1 aromatic rings. The Morgan fingerprint density at radius 1 is 1.27 bits per heavy atom. The zero-order valence-electron chi connectivity index (χ0n) is 11.4. The number of alkyl halides is 2. The van der Waals surface area contributed by atoms with E-state index in [2.05, 4.69) is 5.32 Å². The van der Waals surface area contributed by atoms with Gasteiger partial charge in [-0.2, -0.15) is 0 Å². The van der Waals surface area contributed by atoms with Crippen molar-refractivity contribution in [3.8, 4) is 0 Å². The van der Waals surface area contributed by atoms with Crippen LogP contribution in [0, 0.1) is 10.1 Å². The average Bonchev–Trinajstić information content (AvgIpc) is 2.41.